The van der Waals surface area contributed by atoms with Gasteiger partial charge >= 0.3 is 0 Å². The normalized spacial score (nSPS) is 27.3. The van der Waals surface area contributed by atoms with Gasteiger partial charge in [-0.2, -0.15) is 0 Å². The molecule has 0 aliphatic heterocycles. The molecule has 0 aromatic heterocycles. The van der Waals surface area contributed by atoms with Gasteiger partial charge in [-0.3, -0.25) is 4.79 Å². The van der Waals surface area contributed by atoms with Crippen molar-refractivity contribution < 1.29 is 4.79 Å². The zero-order chi connectivity index (χ0) is 10.4. The van der Waals surface area contributed by atoms with E-state index in [0.29, 0.717) is 6.42 Å². The Morgan fingerprint density at radius 1 is 1.36 bits per heavy atom. The molecule has 0 bridgehead atoms. The summed E-state index contributed by atoms with van der Waals surface area (Å²) >= 11 is 0. The molecular weight excluding hydrogens is 174 g/mol. The van der Waals surface area contributed by atoms with Crippen LogP contribution in [0.15, 0.2) is 0 Å². The summed E-state index contributed by atoms with van der Waals surface area (Å²) in [7, 11) is 0. The largest absolute Gasteiger partial charge is 0.327 e. The third-order valence-electron chi connectivity index (χ3n) is 2.92. The summed E-state index contributed by atoms with van der Waals surface area (Å²) in [6.45, 7) is 1.76. The van der Waals surface area contributed by atoms with E-state index in [-0.39, 0.29) is 17.7 Å². The fraction of sp³-hybridized carbons (Fsp3) is 0.750. The maximum absolute atomic E-state index is 11.7. The Labute approximate surface area is 86.2 Å². The van der Waals surface area contributed by atoms with Crippen LogP contribution in [0.3, 0.4) is 0 Å². The number of ketones is 1. The molecule has 1 saturated carbocycles. The van der Waals surface area contributed by atoms with Crippen LogP contribution in [-0.2, 0) is 4.79 Å². The van der Waals surface area contributed by atoms with Crippen molar-refractivity contribution in [2.24, 2.45) is 11.7 Å². The monoisotopic (exact) mass is 193 g/mol. The predicted molar refractivity (Wildman–Crippen MR) is 57.6 cm³/mol. The number of nitrogens with two attached hydrogens (primary N) is 1. The Morgan fingerprint density at radius 2 is 2.07 bits per heavy atom. The van der Waals surface area contributed by atoms with Gasteiger partial charge in [0, 0.05) is 12.0 Å². The first kappa shape index (κ1) is 11.3. The van der Waals surface area contributed by atoms with Crippen molar-refractivity contribution in [1.29, 1.82) is 0 Å². The van der Waals surface area contributed by atoms with E-state index in [9.17, 15) is 4.79 Å². The first-order chi connectivity index (χ1) is 6.75. The third-order valence-corrected chi connectivity index (χ3v) is 2.92. The second kappa shape index (κ2) is 5.82. The second-order valence-corrected chi connectivity index (χ2v) is 3.98. The fourth-order valence-corrected chi connectivity index (χ4v) is 2.04. The third kappa shape index (κ3) is 3.16. The minimum absolute atomic E-state index is 0.0679. The van der Waals surface area contributed by atoms with Crippen LogP contribution in [-0.4, -0.2) is 11.8 Å². The van der Waals surface area contributed by atoms with E-state index in [0.717, 1.165) is 19.3 Å². The van der Waals surface area contributed by atoms with E-state index in [4.69, 9.17) is 5.73 Å². The molecule has 1 rings (SSSR count). The van der Waals surface area contributed by atoms with E-state index in [1.165, 1.54) is 12.8 Å². The number of hydrogen-bond donors (Lipinski definition) is 1. The van der Waals surface area contributed by atoms with Crippen LogP contribution >= 0.6 is 0 Å². The SMILES string of the molecule is CC#CCC(=O)C1CCCCCC1N. The van der Waals surface area contributed by atoms with Crippen LogP contribution in [0.1, 0.15) is 45.4 Å². The van der Waals surface area contributed by atoms with Crippen LogP contribution in [0.2, 0.25) is 0 Å². The Balaban J connectivity index is 2.52. The molecule has 2 N–H and O–H groups in total. The standard InChI is InChI=1S/C12H19NO/c1-2-3-9-12(14)10-7-5-4-6-8-11(10)13/h10-11H,4-9,13H2,1H3. The van der Waals surface area contributed by atoms with Gasteiger partial charge in [-0.05, 0) is 19.8 Å². The van der Waals surface area contributed by atoms with Gasteiger partial charge in [0.25, 0.3) is 0 Å². The molecule has 0 amide bonds. The van der Waals surface area contributed by atoms with Crippen molar-refractivity contribution in [2.45, 2.75) is 51.5 Å². The lowest BCUT2D eigenvalue weighted by molar-refractivity contribution is -0.122. The predicted octanol–water partition coefficient (Wildman–Crippen LogP) is 1.88. The van der Waals surface area contributed by atoms with Crippen LogP contribution in [0.25, 0.3) is 0 Å². The fourth-order valence-electron chi connectivity index (χ4n) is 2.04. The lowest BCUT2D eigenvalue weighted by Crippen LogP contribution is -2.34. The van der Waals surface area contributed by atoms with Crippen LogP contribution in [0.4, 0.5) is 0 Å². The number of carbonyl (C=O) groups excluding carboxylic acids is 1. The molecule has 1 aliphatic rings. The maximum atomic E-state index is 11.7. The maximum Gasteiger partial charge on any atom is 0.149 e. The second-order valence-electron chi connectivity index (χ2n) is 3.98. The van der Waals surface area contributed by atoms with Crippen molar-refractivity contribution in [3.63, 3.8) is 0 Å². The van der Waals surface area contributed by atoms with E-state index >= 15 is 0 Å². The molecule has 78 valence electrons. The molecule has 2 unspecified atom stereocenters. The first-order valence-electron chi connectivity index (χ1n) is 5.43. The summed E-state index contributed by atoms with van der Waals surface area (Å²) < 4.78 is 0. The van der Waals surface area contributed by atoms with Gasteiger partial charge in [0.1, 0.15) is 5.78 Å². The summed E-state index contributed by atoms with van der Waals surface area (Å²) in [4.78, 5) is 11.7. The average Bonchev–Trinajstić information content (AvgIpc) is 2.39. The smallest absolute Gasteiger partial charge is 0.149 e. The van der Waals surface area contributed by atoms with Gasteiger partial charge in [-0.1, -0.05) is 25.2 Å². The van der Waals surface area contributed by atoms with Gasteiger partial charge < -0.3 is 5.73 Å². The molecule has 2 heteroatoms. The topological polar surface area (TPSA) is 43.1 Å². The number of rotatable bonds is 2. The van der Waals surface area contributed by atoms with Crippen molar-refractivity contribution >= 4 is 5.78 Å². The molecular formula is C12H19NO. The molecule has 0 spiro atoms. The minimum Gasteiger partial charge on any atom is -0.327 e. The number of hydrogen-bond acceptors (Lipinski definition) is 2. The van der Waals surface area contributed by atoms with Crippen LogP contribution in [0.5, 0.6) is 0 Å². The Kier molecular flexibility index (Phi) is 4.69. The summed E-state index contributed by atoms with van der Waals surface area (Å²) in [5.74, 6) is 5.90. The van der Waals surface area contributed by atoms with Gasteiger partial charge in [-0.15, -0.1) is 5.92 Å². The highest BCUT2D eigenvalue weighted by Crippen LogP contribution is 2.23. The lowest BCUT2D eigenvalue weighted by atomic mass is 9.90. The van der Waals surface area contributed by atoms with Gasteiger partial charge in [0.05, 0.1) is 6.42 Å². The Bertz CT molecular complexity index is 249. The average molecular weight is 193 g/mol. The van der Waals surface area contributed by atoms with Gasteiger partial charge in [0.15, 0.2) is 0 Å². The zero-order valence-corrected chi connectivity index (χ0v) is 8.88. The molecule has 2 atom stereocenters. The summed E-state index contributed by atoms with van der Waals surface area (Å²) in [5, 5.41) is 0. The van der Waals surface area contributed by atoms with E-state index in [1.54, 1.807) is 6.92 Å². The van der Waals surface area contributed by atoms with Crippen LogP contribution < -0.4 is 5.73 Å². The molecule has 0 heterocycles. The Morgan fingerprint density at radius 3 is 2.79 bits per heavy atom. The van der Waals surface area contributed by atoms with Gasteiger partial charge in [-0.25, -0.2) is 0 Å². The molecule has 1 fully saturated rings. The highest BCUT2D eigenvalue weighted by Gasteiger charge is 2.25. The number of carbonyl (C=O) groups is 1. The van der Waals surface area contributed by atoms with Crippen molar-refractivity contribution in [3.05, 3.63) is 0 Å². The van der Waals surface area contributed by atoms with Crippen molar-refractivity contribution in [2.75, 3.05) is 0 Å². The quantitative estimate of drug-likeness (QED) is 0.537. The molecule has 14 heavy (non-hydrogen) atoms. The molecule has 0 saturated heterocycles. The highest BCUT2D eigenvalue weighted by atomic mass is 16.1. The molecule has 2 nitrogen and oxygen atoms in total. The zero-order valence-electron chi connectivity index (χ0n) is 8.88. The van der Waals surface area contributed by atoms with E-state index in [2.05, 4.69) is 11.8 Å². The van der Waals surface area contributed by atoms with E-state index in [1.807, 2.05) is 0 Å². The first-order valence-corrected chi connectivity index (χ1v) is 5.43. The highest BCUT2D eigenvalue weighted by molar-refractivity contribution is 5.83. The summed E-state index contributed by atoms with van der Waals surface area (Å²) in [6.07, 6.45) is 5.88. The summed E-state index contributed by atoms with van der Waals surface area (Å²) in [5.41, 5.74) is 5.98. The van der Waals surface area contributed by atoms with Crippen molar-refractivity contribution in [1.82, 2.24) is 0 Å². The molecule has 1 aliphatic carbocycles. The molecule has 0 aromatic rings. The van der Waals surface area contributed by atoms with E-state index < -0.39 is 0 Å². The number of Topliss-reactive ketones (excluding diaryl/α,β-unsaturated/α-hetero) is 1. The Hall–Kier alpha value is -0.810. The van der Waals surface area contributed by atoms with Crippen molar-refractivity contribution in [3.8, 4) is 11.8 Å². The minimum atomic E-state index is 0.0679. The van der Waals surface area contributed by atoms with Gasteiger partial charge in [0.2, 0.25) is 0 Å². The molecule has 0 radical (unpaired) electrons. The lowest BCUT2D eigenvalue weighted by Gasteiger charge is -2.18. The van der Waals surface area contributed by atoms with Crippen LogP contribution in [0, 0.1) is 17.8 Å². The molecule has 0 aromatic carbocycles. The summed E-state index contributed by atoms with van der Waals surface area (Å²) in [6, 6.07) is 0.0728.